The van der Waals surface area contributed by atoms with E-state index in [1.807, 2.05) is 19.1 Å². The van der Waals surface area contributed by atoms with E-state index in [1.165, 1.54) is 0 Å². The molecule has 1 N–H and O–H groups in total. The number of hydrogen-bond acceptors (Lipinski definition) is 2. The van der Waals surface area contributed by atoms with Crippen LogP contribution in [0.15, 0.2) is 18.2 Å². The minimum atomic E-state index is -0.0709. The summed E-state index contributed by atoms with van der Waals surface area (Å²) in [7, 11) is 0. The molecule has 0 spiro atoms. The molecule has 0 bridgehead atoms. The van der Waals surface area contributed by atoms with Crippen molar-refractivity contribution in [3.8, 4) is 0 Å². The standard InChI is InChI=1S/C16H25FN2.2ClH/c1-12-5-6-13(14(17)11-12)15(16(2,3)4)19-9-7-18-8-10-19;;/h5-6,11,15,18H,7-10H2,1-4H3;2*1H/t15-;;/m1../s1. The molecular formula is C16H27Cl2FN2. The number of nitrogens with zero attached hydrogens (tertiary/aromatic N) is 1. The molecule has 1 aliphatic rings. The molecule has 5 heteroatoms. The molecule has 1 aromatic rings. The summed E-state index contributed by atoms with van der Waals surface area (Å²) in [6, 6.07) is 5.76. The molecule has 0 aliphatic carbocycles. The quantitative estimate of drug-likeness (QED) is 0.878. The summed E-state index contributed by atoms with van der Waals surface area (Å²) in [4.78, 5) is 2.41. The average Bonchev–Trinajstić information content (AvgIpc) is 2.32. The Balaban J connectivity index is 0.00000200. The molecule has 1 saturated heterocycles. The van der Waals surface area contributed by atoms with Gasteiger partial charge in [0.2, 0.25) is 0 Å². The predicted octanol–water partition coefficient (Wildman–Crippen LogP) is 3.97. The highest BCUT2D eigenvalue weighted by molar-refractivity contribution is 5.85. The van der Waals surface area contributed by atoms with E-state index in [0.717, 1.165) is 37.3 Å². The van der Waals surface area contributed by atoms with E-state index in [2.05, 4.69) is 31.0 Å². The van der Waals surface area contributed by atoms with Gasteiger partial charge in [-0.05, 0) is 24.0 Å². The Kier molecular flexibility index (Phi) is 8.19. The average molecular weight is 337 g/mol. The largest absolute Gasteiger partial charge is 0.314 e. The number of nitrogens with one attached hydrogen (secondary N) is 1. The first-order valence-electron chi connectivity index (χ1n) is 7.10. The van der Waals surface area contributed by atoms with E-state index >= 15 is 0 Å². The Bertz CT molecular complexity index is 440. The fraction of sp³-hybridized carbons (Fsp3) is 0.625. The number of aryl methyl sites for hydroxylation is 1. The van der Waals surface area contributed by atoms with Crippen LogP contribution in [0.2, 0.25) is 0 Å². The Morgan fingerprint density at radius 3 is 2.19 bits per heavy atom. The third-order valence-electron chi connectivity index (χ3n) is 3.79. The molecule has 2 nitrogen and oxygen atoms in total. The lowest BCUT2D eigenvalue weighted by Crippen LogP contribution is -2.48. The van der Waals surface area contributed by atoms with Crippen LogP contribution in [0.25, 0.3) is 0 Å². The van der Waals surface area contributed by atoms with Crippen molar-refractivity contribution in [2.24, 2.45) is 5.41 Å². The van der Waals surface area contributed by atoms with Crippen LogP contribution in [0.5, 0.6) is 0 Å². The molecular weight excluding hydrogens is 310 g/mol. The van der Waals surface area contributed by atoms with Crippen molar-refractivity contribution in [3.05, 3.63) is 35.1 Å². The SMILES string of the molecule is Cc1ccc([C@@H](N2CCNCC2)C(C)(C)C)c(F)c1.Cl.Cl. The summed E-state index contributed by atoms with van der Waals surface area (Å²) in [5.74, 6) is -0.0709. The van der Waals surface area contributed by atoms with Gasteiger partial charge in [-0.1, -0.05) is 32.9 Å². The van der Waals surface area contributed by atoms with Crippen molar-refractivity contribution in [2.45, 2.75) is 33.7 Å². The predicted molar refractivity (Wildman–Crippen MR) is 92.3 cm³/mol. The first-order chi connectivity index (χ1) is 8.89. The monoisotopic (exact) mass is 336 g/mol. The molecule has 1 atom stereocenters. The van der Waals surface area contributed by atoms with Gasteiger partial charge in [0, 0.05) is 37.8 Å². The van der Waals surface area contributed by atoms with Gasteiger partial charge in [-0.2, -0.15) is 0 Å². The van der Waals surface area contributed by atoms with Crippen molar-refractivity contribution in [3.63, 3.8) is 0 Å². The van der Waals surface area contributed by atoms with Gasteiger partial charge in [0.15, 0.2) is 0 Å². The van der Waals surface area contributed by atoms with Crippen LogP contribution in [0.4, 0.5) is 4.39 Å². The lowest BCUT2D eigenvalue weighted by molar-refractivity contribution is 0.0834. The molecule has 1 fully saturated rings. The van der Waals surface area contributed by atoms with Gasteiger partial charge in [0.05, 0.1) is 0 Å². The lowest BCUT2D eigenvalue weighted by atomic mass is 9.80. The normalized spacial score (nSPS) is 17.6. The van der Waals surface area contributed by atoms with Crippen molar-refractivity contribution in [1.82, 2.24) is 10.2 Å². The molecule has 2 rings (SSSR count). The summed E-state index contributed by atoms with van der Waals surface area (Å²) >= 11 is 0. The highest BCUT2D eigenvalue weighted by atomic mass is 35.5. The third-order valence-corrected chi connectivity index (χ3v) is 3.79. The van der Waals surface area contributed by atoms with Crippen LogP contribution in [-0.4, -0.2) is 31.1 Å². The van der Waals surface area contributed by atoms with Crippen LogP contribution in [0.1, 0.15) is 37.9 Å². The Morgan fingerprint density at radius 2 is 1.71 bits per heavy atom. The summed E-state index contributed by atoms with van der Waals surface area (Å²) in [6.07, 6.45) is 0. The highest BCUT2D eigenvalue weighted by Gasteiger charge is 2.34. The topological polar surface area (TPSA) is 15.3 Å². The Labute approximate surface area is 140 Å². The summed E-state index contributed by atoms with van der Waals surface area (Å²) in [5.41, 5.74) is 1.84. The minimum absolute atomic E-state index is 0. The third kappa shape index (κ3) is 5.10. The maximum absolute atomic E-state index is 14.3. The lowest BCUT2D eigenvalue weighted by Gasteiger charge is -2.42. The number of halogens is 3. The van der Waals surface area contributed by atoms with Crippen LogP contribution >= 0.6 is 24.8 Å². The second-order valence-electron chi connectivity index (χ2n) is 6.58. The Hall–Kier alpha value is -0.350. The first-order valence-corrected chi connectivity index (χ1v) is 7.10. The van der Waals surface area contributed by atoms with Crippen molar-refractivity contribution in [2.75, 3.05) is 26.2 Å². The fourth-order valence-corrected chi connectivity index (χ4v) is 3.01. The van der Waals surface area contributed by atoms with Gasteiger partial charge in [0.25, 0.3) is 0 Å². The van der Waals surface area contributed by atoms with Gasteiger partial charge in [-0.25, -0.2) is 4.39 Å². The summed E-state index contributed by atoms with van der Waals surface area (Å²) in [5, 5.41) is 3.36. The molecule has 1 aromatic carbocycles. The molecule has 0 unspecified atom stereocenters. The van der Waals surface area contributed by atoms with E-state index < -0.39 is 0 Å². The Morgan fingerprint density at radius 1 is 1.14 bits per heavy atom. The fourth-order valence-electron chi connectivity index (χ4n) is 3.01. The zero-order valence-electron chi connectivity index (χ0n) is 13.3. The zero-order chi connectivity index (χ0) is 14.0. The van der Waals surface area contributed by atoms with Crippen LogP contribution < -0.4 is 5.32 Å². The minimum Gasteiger partial charge on any atom is -0.314 e. The summed E-state index contributed by atoms with van der Waals surface area (Å²) < 4.78 is 14.3. The van der Waals surface area contributed by atoms with Gasteiger partial charge in [-0.3, -0.25) is 4.90 Å². The molecule has 0 aromatic heterocycles. The zero-order valence-corrected chi connectivity index (χ0v) is 14.9. The first kappa shape index (κ1) is 20.6. The van der Waals surface area contributed by atoms with Crippen molar-refractivity contribution >= 4 is 24.8 Å². The molecule has 1 aliphatic heterocycles. The van der Waals surface area contributed by atoms with Crippen molar-refractivity contribution in [1.29, 1.82) is 0 Å². The molecule has 21 heavy (non-hydrogen) atoms. The van der Waals surface area contributed by atoms with Crippen LogP contribution in [-0.2, 0) is 0 Å². The number of rotatable bonds is 2. The maximum atomic E-state index is 14.3. The smallest absolute Gasteiger partial charge is 0.128 e. The van der Waals surface area contributed by atoms with Crippen LogP contribution in [0.3, 0.4) is 0 Å². The number of benzene rings is 1. The van der Waals surface area contributed by atoms with Gasteiger partial charge in [0.1, 0.15) is 5.82 Å². The molecule has 122 valence electrons. The van der Waals surface area contributed by atoms with Gasteiger partial charge >= 0.3 is 0 Å². The van der Waals surface area contributed by atoms with Gasteiger partial charge < -0.3 is 5.32 Å². The van der Waals surface area contributed by atoms with Crippen molar-refractivity contribution < 1.29 is 4.39 Å². The molecule has 1 heterocycles. The second-order valence-corrected chi connectivity index (χ2v) is 6.58. The van der Waals surface area contributed by atoms with E-state index in [-0.39, 0.29) is 42.1 Å². The van der Waals surface area contributed by atoms with E-state index in [9.17, 15) is 4.39 Å². The molecule has 0 saturated carbocycles. The second kappa shape index (κ2) is 8.33. The van der Waals surface area contributed by atoms with E-state index in [0.29, 0.717) is 0 Å². The van der Waals surface area contributed by atoms with E-state index in [1.54, 1.807) is 6.07 Å². The maximum Gasteiger partial charge on any atom is 0.128 e. The number of hydrogen-bond donors (Lipinski definition) is 1. The summed E-state index contributed by atoms with van der Waals surface area (Å²) in [6.45, 7) is 12.4. The van der Waals surface area contributed by atoms with Gasteiger partial charge in [-0.15, -0.1) is 24.8 Å². The molecule has 0 radical (unpaired) electrons. The number of piperazine rings is 1. The van der Waals surface area contributed by atoms with Crippen LogP contribution in [0, 0.1) is 18.2 Å². The van der Waals surface area contributed by atoms with E-state index in [4.69, 9.17) is 0 Å². The highest BCUT2D eigenvalue weighted by Crippen LogP contribution is 2.39. The molecule has 0 amide bonds.